The number of hydrogen-bond donors (Lipinski definition) is 0. The first-order valence-corrected chi connectivity index (χ1v) is 10.2. The minimum absolute atomic E-state index is 0.0316. The van der Waals surface area contributed by atoms with Crippen LogP contribution in [-0.2, 0) is 21.4 Å². The van der Waals surface area contributed by atoms with Crippen molar-refractivity contribution in [2.75, 3.05) is 13.1 Å². The van der Waals surface area contributed by atoms with Gasteiger partial charge in [-0.25, -0.2) is 13.2 Å². The average molecular weight is 406 g/mol. The van der Waals surface area contributed by atoms with Crippen LogP contribution in [-0.4, -0.2) is 36.7 Å². The van der Waals surface area contributed by atoms with Crippen molar-refractivity contribution in [3.05, 3.63) is 69.3 Å². The first-order chi connectivity index (χ1) is 13.2. The third kappa shape index (κ3) is 4.73. The van der Waals surface area contributed by atoms with Gasteiger partial charge in [-0.2, -0.15) is 4.31 Å². The highest BCUT2D eigenvalue weighted by Crippen LogP contribution is 2.21. The van der Waals surface area contributed by atoms with Crippen LogP contribution >= 0.6 is 0 Å². The zero-order chi connectivity index (χ0) is 20.9. The maximum absolute atomic E-state index is 12.7. The van der Waals surface area contributed by atoms with Gasteiger partial charge in [0.05, 0.1) is 15.4 Å². The quantitative estimate of drug-likeness (QED) is 0.378. The summed E-state index contributed by atoms with van der Waals surface area (Å²) in [5.41, 5.74) is 1.28. The normalized spacial score (nSPS) is 11.4. The SMILES string of the molecule is CCN(CC)S(=O)(=O)c1ccc(C)c(C(=O)OCc2ccc([N+](=O)[O-])cc2)c1. The summed E-state index contributed by atoms with van der Waals surface area (Å²) in [6, 6.07) is 10.0. The van der Waals surface area contributed by atoms with Crippen molar-refractivity contribution < 1.29 is 22.9 Å². The monoisotopic (exact) mass is 406 g/mol. The number of sulfonamides is 1. The first-order valence-electron chi connectivity index (χ1n) is 8.72. The van der Waals surface area contributed by atoms with Crippen LogP contribution in [0.1, 0.15) is 35.3 Å². The summed E-state index contributed by atoms with van der Waals surface area (Å²) in [5.74, 6) is -0.660. The topological polar surface area (TPSA) is 107 Å². The van der Waals surface area contributed by atoms with Crippen molar-refractivity contribution in [2.24, 2.45) is 0 Å². The lowest BCUT2D eigenvalue weighted by Gasteiger charge is -2.19. The molecular weight excluding hydrogens is 384 g/mol. The second-order valence-electron chi connectivity index (χ2n) is 6.07. The van der Waals surface area contributed by atoms with Crippen LogP contribution in [0.2, 0.25) is 0 Å². The minimum atomic E-state index is -3.69. The fraction of sp³-hybridized carbons (Fsp3) is 0.316. The summed E-state index contributed by atoms with van der Waals surface area (Å²) in [4.78, 5) is 22.7. The van der Waals surface area contributed by atoms with Crippen molar-refractivity contribution in [1.29, 1.82) is 0 Å². The lowest BCUT2D eigenvalue weighted by atomic mass is 10.1. The number of nitro groups is 1. The van der Waals surface area contributed by atoms with Crippen LogP contribution in [0.3, 0.4) is 0 Å². The van der Waals surface area contributed by atoms with Gasteiger partial charge < -0.3 is 4.74 Å². The molecule has 0 N–H and O–H groups in total. The van der Waals surface area contributed by atoms with Gasteiger partial charge in [0, 0.05) is 25.2 Å². The summed E-state index contributed by atoms with van der Waals surface area (Å²) in [5, 5.41) is 10.7. The van der Waals surface area contributed by atoms with Gasteiger partial charge in [-0.05, 0) is 42.3 Å². The van der Waals surface area contributed by atoms with Gasteiger partial charge in [0.1, 0.15) is 6.61 Å². The Morgan fingerprint density at radius 1 is 1.11 bits per heavy atom. The predicted molar refractivity (Wildman–Crippen MR) is 104 cm³/mol. The highest BCUT2D eigenvalue weighted by atomic mass is 32.2. The maximum Gasteiger partial charge on any atom is 0.338 e. The highest BCUT2D eigenvalue weighted by Gasteiger charge is 2.23. The highest BCUT2D eigenvalue weighted by molar-refractivity contribution is 7.89. The Morgan fingerprint density at radius 3 is 2.25 bits per heavy atom. The van der Waals surface area contributed by atoms with Crippen molar-refractivity contribution in [3.8, 4) is 0 Å². The largest absolute Gasteiger partial charge is 0.457 e. The molecule has 0 spiro atoms. The van der Waals surface area contributed by atoms with E-state index in [0.29, 0.717) is 24.2 Å². The summed E-state index contributed by atoms with van der Waals surface area (Å²) in [6.45, 7) is 5.75. The molecule has 0 bridgehead atoms. The first kappa shape index (κ1) is 21.5. The number of rotatable bonds is 8. The Kier molecular flexibility index (Phi) is 6.87. The molecule has 2 rings (SSSR count). The summed E-state index contributed by atoms with van der Waals surface area (Å²) in [7, 11) is -3.69. The molecule has 2 aromatic rings. The van der Waals surface area contributed by atoms with Gasteiger partial charge in [0.2, 0.25) is 10.0 Å². The standard InChI is InChI=1S/C19H22N2O6S/c1-4-20(5-2)28(25,26)17-11-6-14(3)18(12-17)19(22)27-13-15-7-9-16(10-8-15)21(23)24/h6-12H,4-5,13H2,1-3H3. The number of esters is 1. The molecule has 0 aromatic heterocycles. The van der Waals surface area contributed by atoms with E-state index in [1.54, 1.807) is 26.8 Å². The molecule has 0 radical (unpaired) electrons. The smallest absolute Gasteiger partial charge is 0.338 e. The van der Waals surface area contributed by atoms with Gasteiger partial charge in [0.15, 0.2) is 0 Å². The van der Waals surface area contributed by atoms with Gasteiger partial charge in [-0.3, -0.25) is 10.1 Å². The van der Waals surface area contributed by atoms with Gasteiger partial charge >= 0.3 is 5.97 Å². The molecule has 0 heterocycles. The van der Waals surface area contributed by atoms with E-state index in [4.69, 9.17) is 4.74 Å². The molecule has 0 fully saturated rings. The molecule has 28 heavy (non-hydrogen) atoms. The van der Waals surface area contributed by atoms with Crippen molar-refractivity contribution in [2.45, 2.75) is 32.3 Å². The van der Waals surface area contributed by atoms with Gasteiger partial charge in [-0.1, -0.05) is 19.9 Å². The molecule has 0 aliphatic rings. The molecule has 0 saturated carbocycles. The molecule has 8 nitrogen and oxygen atoms in total. The second kappa shape index (κ2) is 8.94. The van der Waals surface area contributed by atoms with Crippen LogP contribution in [0, 0.1) is 17.0 Å². The fourth-order valence-corrected chi connectivity index (χ4v) is 4.12. The van der Waals surface area contributed by atoms with Crippen LogP contribution in [0.15, 0.2) is 47.4 Å². The van der Waals surface area contributed by atoms with Crippen LogP contribution in [0.25, 0.3) is 0 Å². The number of carbonyl (C=O) groups is 1. The fourth-order valence-electron chi connectivity index (χ4n) is 2.63. The van der Waals surface area contributed by atoms with Crippen LogP contribution in [0.5, 0.6) is 0 Å². The van der Waals surface area contributed by atoms with E-state index in [0.717, 1.165) is 0 Å². The number of nitrogens with zero attached hydrogens (tertiary/aromatic N) is 2. The number of carbonyl (C=O) groups excluding carboxylic acids is 1. The Labute approximate surface area is 163 Å². The number of ether oxygens (including phenoxy) is 1. The lowest BCUT2D eigenvalue weighted by molar-refractivity contribution is -0.384. The van der Waals surface area contributed by atoms with E-state index < -0.39 is 20.9 Å². The van der Waals surface area contributed by atoms with Gasteiger partial charge in [-0.15, -0.1) is 0 Å². The van der Waals surface area contributed by atoms with E-state index in [-0.39, 0.29) is 22.8 Å². The molecule has 9 heteroatoms. The molecule has 0 unspecified atom stereocenters. The van der Waals surface area contributed by atoms with Gasteiger partial charge in [0.25, 0.3) is 5.69 Å². The van der Waals surface area contributed by atoms with Crippen molar-refractivity contribution in [3.63, 3.8) is 0 Å². The molecule has 0 aliphatic heterocycles. The molecule has 0 aliphatic carbocycles. The third-order valence-corrected chi connectivity index (χ3v) is 6.34. The summed E-state index contributed by atoms with van der Waals surface area (Å²) >= 11 is 0. The second-order valence-corrected chi connectivity index (χ2v) is 8.00. The molecule has 0 saturated heterocycles. The van der Waals surface area contributed by atoms with Crippen molar-refractivity contribution >= 4 is 21.7 Å². The molecule has 0 amide bonds. The minimum Gasteiger partial charge on any atom is -0.457 e. The number of hydrogen-bond acceptors (Lipinski definition) is 6. The number of benzene rings is 2. The van der Waals surface area contributed by atoms with E-state index in [9.17, 15) is 23.3 Å². The van der Waals surface area contributed by atoms with Crippen molar-refractivity contribution in [1.82, 2.24) is 4.31 Å². The Morgan fingerprint density at radius 2 is 1.71 bits per heavy atom. The summed E-state index contributed by atoms with van der Waals surface area (Å²) < 4.78 is 31.9. The number of aryl methyl sites for hydroxylation is 1. The van der Waals surface area contributed by atoms with E-state index in [1.165, 1.54) is 40.7 Å². The Hall–Kier alpha value is -2.78. The Balaban J connectivity index is 2.20. The predicted octanol–water partition coefficient (Wildman–Crippen LogP) is 3.29. The molecular formula is C19H22N2O6S. The van der Waals surface area contributed by atoms with E-state index in [2.05, 4.69) is 0 Å². The number of non-ortho nitro benzene ring substituents is 1. The summed E-state index contributed by atoms with van der Waals surface area (Å²) in [6.07, 6.45) is 0. The molecule has 0 atom stereocenters. The molecule has 150 valence electrons. The zero-order valence-corrected chi connectivity index (χ0v) is 16.7. The van der Waals surface area contributed by atoms with E-state index >= 15 is 0 Å². The average Bonchev–Trinajstić information content (AvgIpc) is 2.67. The van der Waals surface area contributed by atoms with E-state index in [1.807, 2.05) is 0 Å². The number of nitro benzene ring substituents is 1. The Bertz CT molecular complexity index is 966. The van der Waals surface area contributed by atoms with Crippen LogP contribution in [0.4, 0.5) is 5.69 Å². The third-order valence-electron chi connectivity index (χ3n) is 4.29. The lowest BCUT2D eigenvalue weighted by Crippen LogP contribution is -2.30. The molecule has 2 aromatic carbocycles. The van der Waals surface area contributed by atoms with Crippen LogP contribution < -0.4 is 0 Å². The maximum atomic E-state index is 12.7. The zero-order valence-electron chi connectivity index (χ0n) is 15.9.